The third-order valence-electron chi connectivity index (χ3n) is 9.06. The molecule has 1 aromatic heterocycles. The summed E-state index contributed by atoms with van der Waals surface area (Å²) in [5, 5.41) is 8.21. The molecule has 0 fully saturated rings. The summed E-state index contributed by atoms with van der Waals surface area (Å²) in [4.78, 5) is 69.7. The minimum absolute atomic E-state index is 0.0258. The van der Waals surface area contributed by atoms with Gasteiger partial charge in [0.05, 0.1) is 33.4 Å². The standard InChI is InChI=1S/C43H40N4O8S2/c1-26(48)47-21-20-32-36(25-47)57-42(37(32)43(52)55-4)46-41(51)38(28-12-7-5-8-13-28)56-31-17-11-16-30(24-31)44-40(50)33(45-39(49)29-14-9-6-10-15-29)22-27-18-19-34(53-2)35(23-27)54-3/h5-19,22-24,38H,20-21,25H2,1-4H3,(H,44,50)(H,45,49)(H,46,51)/b33-22+. The second-order valence-corrected chi connectivity index (χ2v) is 15.0. The SMILES string of the molecule is COC(=O)c1c(NC(=O)C(Sc2cccc(NC(=O)/C(=C\c3ccc(OC)c(OC)c3)NC(=O)c3ccccc3)c2)c2ccccc2)sc2c1CCN(C(C)=O)C2. The Labute approximate surface area is 338 Å². The van der Waals surface area contributed by atoms with Crippen molar-refractivity contribution in [2.75, 3.05) is 38.5 Å². The van der Waals surface area contributed by atoms with E-state index >= 15 is 0 Å². The van der Waals surface area contributed by atoms with Gasteiger partial charge in [0.25, 0.3) is 11.8 Å². The zero-order valence-corrected chi connectivity index (χ0v) is 33.3. The number of ether oxygens (including phenoxy) is 3. The molecule has 1 unspecified atom stereocenters. The molecule has 1 aliphatic rings. The van der Waals surface area contributed by atoms with Crippen LogP contribution in [0.25, 0.3) is 6.08 Å². The third kappa shape index (κ3) is 9.72. The van der Waals surface area contributed by atoms with Crippen LogP contribution >= 0.6 is 23.1 Å². The average molecular weight is 805 g/mol. The van der Waals surface area contributed by atoms with Crippen molar-refractivity contribution < 1.29 is 38.2 Å². The number of thiophene rings is 1. The molecule has 0 bridgehead atoms. The summed E-state index contributed by atoms with van der Waals surface area (Å²) < 4.78 is 15.9. The van der Waals surface area contributed by atoms with Crippen LogP contribution in [0, 0.1) is 0 Å². The van der Waals surface area contributed by atoms with E-state index in [-0.39, 0.29) is 17.5 Å². The minimum Gasteiger partial charge on any atom is -0.493 e. The van der Waals surface area contributed by atoms with Gasteiger partial charge < -0.3 is 35.1 Å². The predicted octanol–water partition coefficient (Wildman–Crippen LogP) is 7.34. The van der Waals surface area contributed by atoms with Gasteiger partial charge in [0.1, 0.15) is 15.9 Å². The highest BCUT2D eigenvalue weighted by molar-refractivity contribution is 8.00. The van der Waals surface area contributed by atoms with Crippen molar-refractivity contribution in [1.29, 1.82) is 0 Å². The highest BCUT2D eigenvalue weighted by Gasteiger charge is 2.32. The van der Waals surface area contributed by atoms with Crippen LogP contribution in [-0.4, -0.2) is 62.4 Å². The number of nitrogens with one attached hydrogen (secondary N) is 3. The predicted molar refractivity (Wildman–Crippen MR) is 221 cm³/mol. The van der Waals surface area contributed by atoms with Crippen LogP contribution in [0.4, 0.5) is 10.7 Å². The summed E-state index contributed by atoms with van der Waals surface area (Å²) in [6, 6.07) is 29.9. The first-order chi connectivity index (χ1) is 27.6. The molecule has 14 heteroatoms. The van der Waals surface area contributed by atoms with E-state index in [0.717, 1.165) is 10.4 Å². The number of hydrogen-bond donors (Lipinski definition) is 3. The van der Waals surface area contributed by atoms with Gasteiger partial charge in [-0.05, 0) is 71.7 Å². The fourth-order valence-electron chi connectivity index (χ4n) is 6.19. The van der Waals surface area contributed by atoms with E-state index in [1.165, 1.54) is 57.4 Å². The molecule has 0 radical (unpaired) electrons. The van der Waals surface area contributed by atoms with Crippen LogP contribution in [0.2, 0.25) is 0 Å². The largest absolute Gasteiger partial charge is 0.493 e. The highest BCUT2D eigenvalue weighted by Crippen LogP contribution is 2.41. The van der Waals surface area contributed by atoms with Crippen LogP contribution in [0.1, 0.15) is 54.5 Å². The molecule has 0 saturated heterocycles. The minimum atomic E-state index is -0.777. The molecule has 0 spiro atoms. The summed E-state index contributed by atoms with van der Waals surface area (Å²) in [6.45, 7) is 2.30. The zero-order valence-electron chi connectivity index (χ0n) is 31.6. The van der Waals surface area contributed by atoms with E-state index < -0.39 is 23.0 Å². The number of anilines is 2. The van der Waals surface area contributed by atoms with Crippen LogP contribution in [0.15, 0.2) is 114 Å². The van der Waals surface area contributed by atoms with Gasteiger partial charge in [-0.3, -0.25) is 19.2 Å². The van der Waals surface area contributed by atoms with Gasteiger partial charge in [0, 0.05) is 34.5 Å². The second kappa shape index (κ2) is 18.5. The number of amides is 4. The maximum Gasteiger partial charge on any atom is 0.341 e. The fourth-order valence-corrected chi connectivity index (χ4v) is 8.53. The second-order valence-electron chi connectivity index (χ2n) is 12.8. The number of carbonyl (C=O) groups excluding carboxylic acids is 5. The maximum atomic E-state index is 14.2. The van der Waals surface area contributed by atoms with Crippen molar-refractivity contribution in [1.82, 2.24) is 10.2 Å². The number of carbonyl (C=O) groups is 5. The summed E-state index contributed by atoms with van der Waals surface area (Å²) in [5.74, 6) is -1.12. The van der Waals surface area contributed by atoms with Crippen LogP contribution in [0.3, 0.4) is 0 Å². The first-order valence-corrected chi connectivity index (χ1v) is 19.5. The first kappa shape index (κ1) is 40.3. The smallest absolute Gasteiger partial charge is 0.341 e. The molecule has 4 amide bonds. The number of rotatable bonds is 13. The number of benzene rings is 4. The fraction of sp³-hybridized carbons (Fsp3) is 0.186. The average Bonchev–Trinajstić information content (AvgIpc) is 3.59. The summed E-state index contributed by atoms with van der Waals surface area (Å²) in [6.07, 6.45) is 2.00. The molecular weight excluding hydrogens is 765 g/mol. The van der Waals surface area contributed by atoms with E-state index in [2.05, 4.69) is 16.0 Å². The monoisotopic (exact) mass is 804 g/mol. The zero-order chi connectivity index (χ0) is 40.5. The van der Waals surface area contributed by atoms with Crippen molar-refractivity contribution in [2.45, 2.75) is 30.0 Å². The van der Waals surface area contributed by atoms with Gasteiger partial charge in [0.2, 0.25) is 11.8 Å². The maximum absolute atomic E-state index is 14.2. The lowest BCUT2D eigenvalue weighted by Gasteiger charge is -2.25. The van der Waals surface area contributed by atoms with Crippen molar-refractivity contribution in [3.8, 4) is 11.5 Å². The number of hydrogen-bond acceptors (Lipinski definition) is 10. The van der Waals surface area contributed by atoms with Crippen LogP contribution < -0.4 is 25.4 Å². The first-order valence-electron chi connectivity index (χ1n) is 17.8. The molecular formula is C43H40N4O8S2. The van der Waals surface area contributed by atoms with Crippen molar-refractivity contribution in [3.63, 3.8) is 0 Å². The molecule has 3 N–H and O–H groups in total. The Balaban J connectivity index is 1.26. The lowest BCUT2D eigenvalue weighted by molar-refractivity contribution is -0.129. The molecule has 0 saturated carbocycles. The lowest BCUT2D eigenvalue weighted by atomic mass is 10.0. The highest BCUT2D eigenvalue weighted by atomic mass is 32.2. The summed E-state index contributed by atoms with van der Waals surface area (Å²) >= 11 is 2.52. The Morgan fingerprint density at radius 1 is 0.825 bits per heavy atom. The van der Waals surface area contributed by atoms with Gasteiger partial charge in [0.15, 0.2) is 11.5 Å². The Morgan fingerprint density at radius 3 is 2.23 bits per heavy atom. The van der Waals surface area contributed by atoms with E-state index in [4.69, 9.17) is 14.2 Å². The van der Waals surface area contributed by atoms with Gasteiger partial charge >= 0.3 is 5.97 Å². The molecule has 4 aromatic carbocycles. The number of nitrogens with zero attached hydrogens (tertiary/aromatic N) is 1. The topological polar surface area (TPSA) is 152 Å². The number of fused-ring (bicyclic) bond motifs is 1. The number of thioether (sulfide) groups is 1. The van der Waals surface area contributed by atoms with Crippen LogP contribution in [0.5, 0.6) is 11.5 Å². The Bertz CT molecular complexity index is 2330. The number of esters is 1. The Kier molecular flexibility index (Phi) is 13.1. The number of methoxy groups -OCH3 is 3. The third-order valence-corrected chi connectivity index (χ3v) is 11.4. The van der Waals surface area contributed by atoms with Gasteiger partial charge in [-0.2, -0.15) is 0 Å². The van der Waals surface area contributed by atoms with E-state index in [1.54, 1.807) is 71.6 Å². The van der Waals surface area contributed by atoms with Crippen LogP contribution in [-0.2, 0) is 32.1 Å². The van der Waals surface area contributed by atoms with E-state index in [0.29, 0.717) is 68.8 Å². The van der Waals surface area contributed by atoms with Gasteiger partial charge in [-0.25, -0.2) is 4.79 Å². The molecule has 12 nitrogen and oxygen atoms in total. The summed E-state index contributed by atoms with van der Waals surface area (Å²) in [5.41, 5.74) is 3.11. The molecule has 5 aromatic rings. The molecule has 57 heavy (non-hydrogen) atoms. The molecule has 0 aliphatic carbocycles. The van der Waals surface area contributed by atoms with E-state index in [9.17, 15) is 24.0 Å². The van der Waals surface area contributed by atoms with Crippen molar-refractivity contribution in [2.24, 2.45) is 0 Å². The molecule has 1 atom stereocenters. The van der Waals surface area contributed by atoms with Crippen molar-refractivity contribution >= 4 is 69.5 Å². The molecule has 2 heterocycles. The molecule has 292 valence electrons. The molecule has 1 aliphatic heterocycles. The lowest BCUT2D eigenvalue weighted by Crippen LogP contribution is -2.33. The normalized spacial score (nSPS) is 12.8. The van der Waals surface area contributed by atoms with Gasteiger partial charge in [-0.15, -0.1) is 23.1 Å². The van der Waals surface area contributed by atoms with Gasteiger partial charge in [-0.1, -0.05) is 60.7 Å². The molecule has 6 rings (SSSR count). The summed E-state index contributed by atoms with van der Waals surface area (Å²) in [7, 11) is 4.32. The Morgan fingerprint density at radius 2 is 1.54 bits per heavy atom. The Hall–Kier alpha value is -6.38. The quantitative estimate of drug-likeness (QED) is 0.0631. The van der Waals surface area contributed by atoms with Crippen molar-refractivity contribution in [3.05, 3.63) is 142 Å². The van der Waals surface area contributed by atoms with E-state index in [1.807, 2.05) is 36.4 Å².